The maximum atomic E-state index is 12.7. The standard InChI is InChI=1S/C11H18F3NO/c1-6-2-9-7(5-15)3-8(11(12,13)14)4-10(9)16-6/h6-10H,2-5,15H2,1H3/t6-,7+,8+,9-,10+/m1/s1. The summed E-state index contributed by atoms with van der Waals surface area (Å²) >= 11 is 0. The molecule has 0 aromatic heterocycles. The van der Waals surface area contributed by atoms with Crippen LogP contribution in [0.4, 0.5) is 13.2 Å². The predicted molar refractivity (Wildman–Crippen MR) is 53.8 cm³/mol. The summed E-state index contributed by atoms with van der Waals surface area (Å²) in [7, 11) is 0. The highest BCUT2D eigenvalue weighted by atomic mass is 19.4. The Labute approximate surface area is 93.3 Å². The molecule has 2 rings (SSSR count). The molecule has 0 radical (unpaired) electrons. The predicted octanol–water partition coefficient (Wildman–Crippen LogP) is 2.33. The first-order valence-corrected chi connectivity index (χ1v) is 5.84. The summed E-state index contributed by atoms with van der Waals surface area (Å²) < 4.78 is 43.7. The second-order valence-corrected chi connectivity index (χ2v) is 5.09. The van der Waals surface area contributed by atoms with Gasteiger partial charge in [-0.2, -0.15) is 13.2 Å². The minimum absolute atomic E-state index is 0.0321. The SMILES string of the molecule is C[C@@H]1C[C@@H]2[C@H](CN)C[C@H](C(F)(F)F)C[C@@H]2O1. The molecule has 0 aromatic rings. The highest BCUT2D eigenvalue weighted by Gasteiger charge is 2.51. The molecule has 1 saturated carbocycles. The van der Waals surface area contributed by atoms with Crippen LogP contribution >= 0.6 is 0 Å². The molecule has 0 aromatic carbocycles. The van der Waals surface area contributed by atoms with Gasteiger partial charge in [0.15, 0.2) is 0 Å². The van der Waals surface area contributed by atoms with Gasteiger partial charge in [-0.25, -0.2) is 0 Å². The molecule has 2 nitrogen and oxygen atoms in total. The van der Waals surface area contributed by atoms with Crippen molar-refractivity contribution in [3.05, 3.63) is 0 Å². The number of rotatable bonds is 1. The van der Waals surface area contributed by atoms with Crippen LogP contribution in [0.1, 0.15) is 26.2 Å². The third-order valence-corrected chi connectivity index (χ3v) is 3.96. The molecule has 5 atom stereocenters. The number of hydrogen-bond donors (Lipinski definition) is 1. The quantitative estimate of drug-likeness (QED) is 0.759. The number of fused-ring (bicyclic) bond motifs is 1. The lowest BCUT2D eigenvalue weighted by atomic mass is 9.71. The van der Waals surface area contributed by atoms with Gasteiger partial charge < -0.3 is 10.5 Å². The molecule has 94 valence electrons. The molecule has 0 unspecified atom stereocenters. The summed E-state index contributed by atoms with van der Waals surface area (Å²) in [4.78, 5) is 0. The van der Waals surface area contributed by atoms with Crippen molar-refractivity contribution < 1.29 is 17.9 Å². The van der Waals surface area contributed by atoms with Crippen LogP contribution in [0.5, 0.6) is 0 Å². The minimum atomic E-state index is -4.10. The van der Waals surface area contributed by atoms with Crippen molar-refractivity contribution in [3.63, 3.8) is 0 Å². The Hall–Kier alpha value is -0.290. The van der Waals surface area contributed by atoms with Crippen LogP contribution in [0.25, 0.3) is 0 Å². The molecule has 2 fully saturated rings. The molecule has 2 N–H and O–H groups in total. The summed E-state index contributed by atoms with van der Waals surface area (Å²) in [6.45, 7) is 2.26. The van der Waals surface area contributed by atoms with Crippen LogP contribution in [0.3, 0.4) is 0 Å². The summed E-state index contributed by atoms with van der Waals surface area (Å²) in [5, 5.41) is 0. The van der Waals surface area contributed by atoms with Crippen molar-refractivity contribution >= 4 is 0 Å². The molecule has 0 bridgehead atoms. The molecular formula is C11H18F3NO. The lowest BCUT2D eigenvalue weighted by Crippen LogP contribution is -2.42. The lowest BCUT2D eigenvalue weighted by molar-refractivity contribution is -0.198. The zero-order chi connectivity index (χ0) is 11.9. The fraction of sp³-hybridized carbons (Fsp3) is 1.00. The Balaban J connectivity index is 2.10. The van der Waals surface area contributed by atoms with E-state index in [0.717, 1.165) is 6.42 Å². The normalized spacial score (nSPS) is 44.4. The molecule has 5 heteroatoms. The highest BCUT2D eigenvalue weighted by molar-refractivity contribution is 4.94. The van der Waals surface area contributed by atoms with Crippen molar-refractivity contribution in [3.8, 4) is 0 Å². The molecule has 0 amide bonds. The lowest BCUT2D eigenvalue weighted by Gasteiger charge is -2.37. The maximum absolute atomic E-state index is 12.7. The van der Waals surface area contributed by atoms with Crippen LogP contribution in [0, 0.1) is 17.8 Å². The van der Waals surface area contributed by atoms with Crippen LogP contribution in [0.2, 0.25) is 0 Å². The van der Waals surface area contributed by atoms with Gasteiger partial charge in [-0.1, -0.05) is 0 Å². The first-order chi connectivity index (χ1) is 7.41. The van der Waals surface area contributed by atoms with Gasteiger partial charge in [-0.3, -0.25) is 0 Å². The van der Waals surface area contributed by atoms with Crippen LogP contribution in [-0.4, -0.2) is 24.9 Å². The summed E-state index contributed by atoms with van der Waals surface area (Å²) in [5.41, 5.74) is 5.59. The maximum Gasteiger partial charge on any atom is 0.391 e. The zero-order valence-corrected chi connectivity index (χ0v) is 9.33. The van der Waals surface area contributed by atoms with E-state index in [1.54, 1.807) is 0 Å². The van der Waals surface area contributed by atoms with E-state index in [-0.39, 0.29) is 36.9 Å². The minimum Gasteiger partial charge on any atom is -0.375 e. The number of nitrogens with two attached hydrogens (primary N) is 1. The Morgan fingerprint density at radius 2 is 1.94 bits per heavy atom. The molecule has 2 aliphatic rings. The number of halogens is 3. The van der Waals surface area contributed by atoms with E-state index in [9.17, 15) is 13.2 Å². The van der Waals surface area contributed by atoms with Crippen LogP contribution < -0.4 is 5.73 Å². The van der Waals surface area contributed by atoms with Gasteiger partial charge >= 0.3 is 6.18 Å². The van der Waals surface area contributed by atoms with Crippen molar-refractivity contribution in [2.45, 2.75) is 44.6 Å². The van der Waals surface area contributed by atoms with Gasteiger partial charge in [0.2, 0.25) is 0 Å². The van der Waals surface area contributed by atoms with E-state index in [4.69, 9.17) is 10.5 Å². The fourth-order valence-electron chi connectivity index (χ4n) is 3.17. The molecule has 1 saturated heterocycles. The van der Waals surface area contributed by atoms with E-state index in [1.807, 2.05) is 6.92 Å². The largest absolute Gasteiger partial charge is 0.391 e. The van der Waals surface area contributed by atoms with Crippen LogP contribution in [-0.2, 0) is 4.74 Å². The average molecular weight is 237 g/mol. The molecule has 1 heterocycles. The Morgan fingerprint density at radius 3 is 2.50 bits per heavy atom. The molecule has 16 heavy (non-hydrogen) atoms. The molecular weight excluding hydrogens is 219 g/mol. The second-order valence-electron chi connectivity index (χ2n) is 5.09. The molecule has 1 aliphatic heterocycles. The number of alkyl halides is 3. The summed E-state index contributed by atoms with van der Waals surface area (Å²) in [6.07, 6.45) is -3.10. The van der Waals surface area contributed by atoms with Gasteiger partial charge in [0.05, 0.1) is 18.1 Å². The smallest absolute Gasteiger partial charge is 0.375 e. The fourth-order valence-corrected chi connectivity index (χ4v) is 3.17. The summed E-state index contributed by atoms with van der Waals surface area (Å²) in [6, 6.07) is 0. The topological polar surface area (TPSA) is 35.2 Å². The van der Waals surface area contributed by atoms with Crippen molar-refractivity contribution in [2.75, 3.05) is 6.54 Å². The van der Waals surface area contributed by atoms with E-state index in [1.165, 1.54) is 0 Å². The highest BCUT2D eigenvalue weighted by Crippen LogP contribution is 2.47. The monoisotopic (exact) mass is 237 g/mol. The Kier molecular flexibility index (Phi) is 3.18. The molecule has 1 aliphatic carbocycles. The Bertz CT molecular complexity index is 248. The number of hydrogen-bond acceptors (Lipinski definition) is 2. The van der Waals surface area contributed by atoms with Gasteiger partial charge in [0.1, 0.15) is 0 Å². The second kappa shape index (κ2) is 4.18. The van der Waals surface area contributed by atoms with Crippen molar-refractivity contribution in [1.82, 2.24) is 0 Å². The average Bonchev–Trinajstić information content (AvgIpc) is 2.54. The zero-order valence-electron chi connectivity index (χ0n) is 9.33. The number of ether oxygens (including phenoxy) is 1. The van der Waals surface area contributed by atoms with Gasteiger partial charge in [0, 0.05) is 0 Å². The van der Waals surface area contributed by atoms with Gasteiger partial charge in [-0.15, -0.1) is 0 Å². The molecule has 0 spiro atoms. The van der Waals surface area contributed by atoms with Crippen LogP contribution in [0.15, 0.2) is 0 Å². The third kappa shape index (κ3) is 2.20. The summed E-state index contributed by atoms with van der Waals surface area (Å²) in [5.74, 6) is -1.03. The van der Waals surface area contributed by atoms with E-state index in [0.29, 0.717) is 6.54 Å². The van der Waals surface area contributed by atoms with Gasteiger partial charge in [-0.05, 0) is 44.6 Å². The Morgan fingerprint density at radius 1 is 1.25 bits per heavy atom. The first kappa shape index (κ1) is 12.2. The van der Waals surface area contributed by atoms with E-state index >= 15 is 0 Å². The van der Waals surface area contributed by atoms with Crippen molar-refractivity contribution in [1.29, 1.82) is 0 Å². The first-order valence-electron chi connectivity index (χ1n) is 5.84. The van der Waals surface area contributed by atoms with Crippen molar-refractivity contribution in [2.24, 2.45) is 23.5 Å². The van der Waals surface area contributed by atoms with Gasteiger partial charge in [0.25, 0.3) is 0 Å². The van der Waals surface area contributed by atoms with E-state index in [2.05, 4.69) is 0 Å². The van der Waals surface area contributed by atoms with E-state index < -0.39 is 12.1 Å². The third-order valence-electron chi connectivity index (χ3n) is 3.96.